The predicted octanol–water partition coefficient (Wildman–Crippen LogP) is 2.49. The van der Waals surface area contributed by atoms with E-state index in [0.29, 0.717) is 5.69 Å². The van der Waals surface area contributed by atoms with Gasteiger partial charge in [0.2, 0.25) is 0 Å². The number of ether oxygens (including phenoxy) is 1. The third-order valence-corrected chi connectivity index (χ3v) is 2.94. The lowest BCUT2D eigenvalue weighted by Crippen LogP contribution is -2.32. The molecule has 0 aliphatic heterocycles. The normalized spacial score (nSPS) is 10.0. The summed E-state index contributed by atoms with van der Waals surface area (Å²) in [5.74, 6) is 0.482. The summed E-state index contributed by atoms with van der Waals surface area (Å²) in [6, 6.07) is 9.22. The van der Waals surface area contributed by atoms with Gasteiger partial charge in [-0.3, -0.25) is 0 Å². The van der Waals surface area contributed by atoms with Crippen molar-refractivity contribution >= 4 is 17.5 Å². The highest BCUT2D eigenvalue weighted by molar-refractivity contribution is 5.89. The van der Waals surface area contributed by atoms with E-state index in [4.69, 9.17) is 4.74 Å². The first-order valence-corrected chi connectivity index (χ1v) is 7.12. The molecule has 6 nitrogen and oxygen atoms in total. The molecule has 2 rings (SSSR count). The molecule has 2 N–H and O–H groups in total. The summed E-state index contributed by atoms with van der Waals surface area (Å²) in [7, 11) is 3.73. The maximum absolute atomic E-state index is 13.3. The van der Waals surface area contributed by atoms with Gasteiger partial charge < -0.3 is 20.3 Å². The van der Waals surface area contributed by atoms with E-state index in [1.54, 1.807) is 30.5 Å². The number of hydrogen-bond donors (Lipinski definition) is 2. The molecule has 0 saturated carbocycles. The van der Waals surface area contributed by atoms with E-state index in [1.165, 1.54) is 12.1 Å². The molecule has 0 aliphatic carbocycles. The molecule has 0 bridgehead atoms. The number of urea groups is 1. The average molecular weight is 318 g/mol. The monoisotopic (exact) mass is 318 g/mol. The number of para-hydroxylation sites is 1. The molecule has 23 heavy (non-hydrogen) atoms. The Balaban J connectivity index is 1.75. The number of pyridine rings is 1. The fourth-order valence-corrected chi connectivity index (χ4v) is 1.80. The number of nitrogens with one attached hydrogen (secondary N) is 2. The number of carbonyl (C=O) groups is 1. The molecule has 0 unspecified atom stereocenters. The predicted molar refractivity (Wildman–Crippen MR) is 87.5 cm³/mol. The third kappa shape index (κ3) is 5.14. The zero-order valence-corrected chi connectivity index (χ0v) is 13.0. The van der Waals surface area contributed by atoms with Gasteiger partial charge in [-0.05, 0) is 18.2 Å². The summed E-state index contributed by atoms with van der Waals surface area (Å²) in [5, 5.41) is 5.34. The van der Waals surface area contributed by atoms with E-state index in [1.807, 2.05) is 19.0 Å². The maximum atomic E-state index is 13.3. The van der Waals surface area contributed by atoms with Gasteiger partial charge in [-0.15, -0.1) is 0 Å². The first kappa shape index (κ1) is 16.5. The lowest BCUT2D eigenvalue weighted by atomic mass is 10.3. The first-order valence-electron chi connectivity index (χ1n) is 7.12. The van der Waals surface area contributed by atoms with Crippen LogP contribution in [0.1, 0.15) is 0 Å². The molecule has 2 amide bonds. The molecule has 0 saturated heterocycles. The van der Waals surface area contributed by atoms with Crippen molar-refractivity contribution < 1.29 is 13.9 Å². The smallest absolute Gasteiger partial charge is 0.319 e. The van der Waals surface area contributed by atoms with Crippen molar-refractivity contribution in [3.05, 3.63) is 48.4 Å². The zero-order valence-electron chi connectivity index (χ0n) is 13.0. The number of rotatable bonds is 6. The van der Waals surface area contributed by atoms with Crippen molar-refractivity contribution in [2.24, 2.45) is 0 Å². The van der Waals surface area contributed by atoms with Gasteiger partial charge in [0, 0.05) is 32.0 Å². The standard InChI is InChI=1S/C16H19FN4O2/c1-21(2)15-11-12(7-8-18-15)20-16(22)19-9-10-23-14-6-4-3-5-13(14)17/h3-8,11H,9-10H2,1-2H3,(H2,18,19,20,22). The van der Waals surface area contributed by atoms with E-state index >= 15 is 0 Å². The van der Waals surface area contributed by atoms with E-state index in [-0.39, 0.29) is 24.9 Å². The van der Waals surface area contributed by atoms with Crippen LogP contribution in [0, 0.1) is 5.82 Å². The molecule has 0 radical (unpaired) electrons. The van der Waals surface area contributed by atoms with Crippen LogP contribution in [0.5, 0.6) is 5.75 Å². The minimum absolute atomic E-state index is 0.166. The zero-order chi connectivity index (χ0) is 16.7. The van der Waals surface area contributed by atoms with E-state index in [2.05, 4.69) is 15.6 Å². The van der Waals surface area contributed by atoms with E-state index in [9.17, 15) is 9.18 Å². The highest BCUT2D eigenvalue weighted by atomic mass is 19.1. The van der Waals surface area contributed by atoms with Crippen molar-refractivity contribution in [1.29, 1.82) is 0 Å². The van der Waals surface area contributed by atoms with E-state index < -0.39 is 5.82 Å². The summed E-state index contributed by atoms with van der Waals surface area (Å²) < 4.78 is 18.6. The molecule has 0 atom stereocenters. The lowest BCUT2D eigenvalue weighted by molar-refractivity contribution is 0.246. The summed E-state index contributed by atoms with van der Waals surface area (Å²) in [4.78, 5) is 17.8. The Morgan fingerprint density at radius 1 is 1.30 bits per heavy atom. The summed E-state index contributed by atoms with van der Waals surface area (Å²) in [6.07, 6.45) is 1.62. The fourth-order valence-electron chi connectivity index (χ4n) is 1.80. The van der Waals surface area contributed by atoms with Crippen LogP contribution in [-0.4, -0.2) is 38.3 Å². The van der Waals surface area contributed by atoms with Crippen LogP contribution in [0.2, 0.25) is 0 Å². The number of halogens is 1. The largest absolute Gasteiger partial charge is 0.489 e. The number of anilines is 2. The molecule has 0 fully saturated rings. The number of aromatic nitrogens is 1. The Morgan fingerprint density at radius 2 is 2.09 bits per heavy atom. The Labute approximate surface area is 134 Å². The number of amides is 2. The number of hydrogen-bond acceptors (Lipinski definition) is 4. The molecule has 122 valence electrons. The molecular formula is C16H19FN4O2. The van der Waals surface area contributed by atoms with Gasteiger partial charge in [-0.2, -0.15) is 0 Å². The second kappa shape index (κ2) is 7.98. The van der Waals surface area contributed by atoms with Crippen LogP contribution in [0.4, 0.5) is 20.7 Å². The van der Waals surface area contributed by atoms with Gasteiger partial charge in [-0.1, -0.05) is 12.1 Å². The Hall–Kier alpha value is -2.83. The van der Waals surface area contributed by atoms with Crippen LogP contribution in [-0.2, 0) is 0 Å². The van der Waals surface area contributed by atoms with Crippen LogP contribution >= 0.6 is 0 Å². The Morgan fingerprint density at radius 3 is 2.83 bits per heavy atom. The third-order valence-electron chi connectivity index (χ3n) is 2.94. The topological polar surface area (TPSA) is 66.5 Å². The molecule has 0 spiro atoms. The van der Waals surface area contributed by atoms with Gasteiger partial charge in [-0.25, -0.2) is 14.2 Å². The molecule has 7 heteroatoms. The maximum Gasteiger partial charge on any atom is 0.319 e. The molecule has 1 heterocycles. The number of nitrogens with zero attached hydrogens (tertiary/aromatic N) is 2. The van der Waals surface area contributed by atoms with Gasteiger partial charge >= 0.3 is 6.03 Å². The van der Waals surface area contributed by atoms with Crippen LogP contribution in [0.25, 0.3) is 0 Å². The molecule has 1 aromatic heterocycles. The Bertz CT molecular complexity index is 664. The Kier molecular flexibility index (Phi) is 5.74. The SMILES string of the molecule is CN(C)c1cc(NC(=O)NCCOc2ccccc2F)ccn1. The highest BCUT2D eigenvalue weighted by Gasteiger charge is 2.05. The van der Waals surface area contributed by atoms with Crippen molar-refractivity contribution in [3.8, 4) is 5.75 Å². The van der Waals surface area contributed by atoms with Gasteiger partial charge in [0.1, 0.15) is 12.4 Å². The van der Waals surface area contributed by atoms with Crippen LogP contribution in [0.15, 0.2) is 42.6 Å². The van der Waals surface area contributed by atoms with Crippen molar-refractivity contribution in [3.63, 3.8) is 0 Å². The van der Waals surface area contributed by atoms with Gasteiger partial charge in [0.05, 0.1) is 6.54 Å². The lowest BCUT2D eigenvalue weighted by Gasteiger charge is -2.13. The summed E-state index contributed by atoms with van der Waals surface area (Å²) in [6.45, 7) is 0.430. The van der Waals surface area contributed by atoms with Crippen LogP contribution < -0.4 is 20.3 Å². The molecular weight excluding hydrogens is 299 g/mol. The minimum Gasteiger partial charge on any atom is -0.489 e. The average Bonchev–Trinajstić information content (AvgIpc) is 2.53. The van der Waals surface area contributed by atoms with E-state index in [0.717, 1.165) is 5.82 Å². The van der Waals surface area contributed by atoms with Crippen LogP contribution in [0.3, 0.4) is 0 Å². The van der Waals surface area contributed by atoms with Gasteiger partial charge in [0.25, 0.3) is 0 Å². The minimum atomic E-state index is -0.426. The number of carbonyl (C=O) groups excluding carboxylic acids is 1. The van der Waals surface area contributed by atoms with Crippen molar-refractivity contribution in [2.45, 2.75) is 0 Å². The molecule has 1 aromatic carbocycles. The van der Waals surface area contributed by atoms with Crippen molar-refractivity contribution in [2.75, 3.05) is 37.5 Å². The summed E-state index contributed by atoms with van der Waals surface area (Å²) in [5.41, 5.74) is 0.635. The molecule has 0 aliphatic rings. The summed E-state index contributed by atoms with van der Waals surface area (Å²) >= 11 is 0. The second-order valence-corrected chi connectivity index (χ2v) is 4.96. The first-order chi connectivity index (χ1) is 11.1. The fraction of sp³-hybridized carbons (Fsp3) is 0.250. The quantitative estimate of drug-likeness (QED) is 0.803. The highest BCUT2D eigenvalue weighted by Crippen LogP contribution is 2.15. The number of benzene rings is 1. The molecule has 2 aromatic rings. The van der Waals surface area contributed by atoms with Gasteiger partial charge in [0.15, 0.2) is 11.6 Å². The van der Waals surface area contributed by atoms with Crippen molar-refractivity contribution in [1.82, 2.24) is 10.3 Å². The second-order valence-electron chi connectivity index (χ2n) is 4.96.